The molecule has 1 aromatic carbocycles. The molecule has 10 heteroatoms. The number of aryl methyl sites for hydroxylation is 1. The molecule has 0 atom stereocenters. The number of benzene rings is 1. The van der Waals surface area contributed by atoms with Crippen molar-refractivity contribution in [2.24, 2.45) is 7.05 Å². The van der Waals surface area contributed by atoms with Crippen molar-refractivity contribution < 1.29 is 19.1 Å². The lowest BCUT2D eigenvalue weighted by Crippen LogP contribution is -2.17. The highest BCUT2D eigenvalue weighted by Crippen LogP contribution is 2.39. The van der Waals surface area contributed by atoms with E-state index in [2.05, 4.69) is 15.5 Å². The maximum atomic E-state index is 12.7. The van der Waals surface area contributed by atoms with Crippen LogP contribution in [0.5, 0.6) is 5.75 Å². The van der Waals surface area contributed by atoms with Crippen molar-refractivity contribution in [2.75, 3.05) is 24.3 Å². The van der Waals surface area contributed by atoms with Crippen LogP contribution in [0.2, 0.25) is 0 Å². The molecular formula is C23H26N4O4S2. The number of fused-ring (bicyclic) bond motifs is 1. The Bertz CT molecular complexity index is 1170. The first-order chi connectivity index (χ1) is 16.0. The first kappa shape index (κ1) is 23.3. The van der Waals surface area contributed by atoms with E-state index in [-0.39, 0.29) is 17.6 Å². The van der Waals surface area contributed by atoms with Gasteiger partial charge < -0.3 is 19.4 Å². The van der Waals surface area contributed by atoms with Crippen molar-refractivity contribution in [2.45, 2.75) is 38.3 Å². The molecule has 0 unspecified atom stereocenters. The van der Waals surface area contributed by atoms with Crippen LogP contribution in [0, 0.1) is 0 Å². The second-order valence-corrected chi connectivity index (χ2v) is 9.46. The molecule has 0 fully saturated rings. The number of rotatable bonds is 9. The molecule has 0 spiro atoms. The third-order valence-electron chi connectivity index (χ3n) is 5.25. The summed E-state index contributed by atoms with van der Waals surface area (Å²) in [7, 11) is 1.86. The highest BCUT2D eigenvalue weighted by molar-refractivity contribution is 7.99. The predicted octanol–water partition coefficient (Wildman–Crippen LogP) is 4.34. The standard InChI is InChI=1S/C23H26N4O4S2/c1-4-30-16-11-7-6-9-14(16)20-25-26-23(27(20)3)32-13-18(28)24-21-19(22(29)31-5-2)15-10-8-12-17(15)33-21/h6-7,9,11H,4-5,8,10,12-13H2,1-3H3,(H,24,28). The van der Waals surface area contributed by atoms with Crippen LogP contribution in [0.15, 0.2) is 29.4 Å². The molecule has 0 bridgehead atoms. The number of amides is 1. The predicted molar refractivity (Wildman–Crippen MR) is 129 cm³/mol. The molecule has 1 N–H and O–H groups in total. The number of aromatic nitrogens is 3. The van der Waals surface area contributed by atoms with Gasteiger partial charge in [0.2, 0.25) is 5.91 Å². The molecule has 4 rings (SSSR count). The first-order valence-corrected chi connectivity index (χ1v) is 12.7. The Morgan fingerprint density at radius 2 is 2.00 bits per heavy atom. The van der Waals surface area contributed by atoms with Gasteiger partial charge in [-0.15, -0.1) is 21.5 Å². The number of nitrogens with zero attached hydrogens (tertiary/aromatic N) is 3. The van der Waals surface area contributed by atoms with E-state index < -0.39 is 0 Å². The largest absolute Gasteiger partial charge is 0.493 e. The molecule has 0 aliphatic heterocycles. The van der Waals surface area contributed by atoms with Gasteiger partial charge in [-0.2, -0.15) is 0 Å². The van der Waals surface area contributed by atoms with Crippen molar-refractivity contribution in [3.63, 3.8) is 0 Å². The number of para-hydroxylation sites is 1. The number of nitrogens with one attached hydrogen (secondary N) is 1. The zero-order valence-corrected chi connectivity index (χ0v) is 20.5. The molecule has 174 valence electrons. The number of thioether (sulfide) groups is 1. The van der Waals surface area contributed by atoms with E-state index in [1.165, 1.54) is 23.1 Å². The number of carbonyl (C=O) groups is 2. The fraction of sp³-hybridized carbons (Fsp3) is 0.391. The third kappa shape index (κ3) is 4.91. The Labute approximate surface area is 200 Å². The molecular weight excluding hydrogens is 460 g/mol. The number of thiophene rings is 1. The summed E-state index contributed by atoms with van der Waals surface area (Å²) in [5, 5.41) is 12.7. The summed E-state index contributed by atoms with van der Waals surface area (Å²) in [5.41, 5.74) is 2.38. The van der Waals surface area contributed by atoms with Gasteiger partial charge in [0.05, 0.1) is 30.1 Å². The molecule has 0 saturated heterocycles. The van der Waals surface area contributed by atoms with Crippen molar-refractivity contribution >= 4 is 40.0 Å². The summed E-state index contributed by atoms with van der Waals surface area (Å²) >= 11 is 2.76. The Kier molecular flexibility index (Phi) is 7.34. The normalized spacial score (nSPS) is 12.5. The fourth-order valence-electron chi connectivity index (χ4n) is 3.81. The van der Waals surface area contributed by atoms with Gasteiger partial charge >= 0.3 is 5.97 Å². The lowest BCUT2D eigenvalue weighted by molar-refractivity contribution is -0.113. The van der Waals surface area contributed by atoms with E-state index in [0.29, 0.717) is 34.8 Å². The van der Waals surface area contributed by atoms with E-state index >= 15 is 0 Å². The molecule has 33 heavy (non-hydrogen) atoms. The summed E-state index contributed by atoms with van der Waals surface area (Å²) in [5.74, 6) is 0.975. The molecule has 0 saturated carbocycles. The number of esters is 1. The number of carbonyl (C=O) groups excluding carboxylic acids is 2. The molecule has 1 amide bonds. The number of anilines is 1. The minimum absolute atomic E-state index is 0.143. The summed E-state index contributed by atoms with van der Waals surface area (Å²) in [6, 6.07) is 7.67. The van der Waals surface area contributed by atoms with Gasteiger partial charge in [0.25, 0.3) is 0 Å². The van der Waals surface area contributed by atoms with Gasteiger partial charge in [-0.25, -0.2) is 4.79 Å². The van der Waals surface area contributed by atoms with E-state index in [1.54, 1.807) is 6.92 Å². The smallest absolute Gasteiger partial charge is 0.341 e. The lowest BCUT2D eigenvalue weighted by Gasteiger charge is -2.10. The highest BCUT2D eigenvalue weighted by atomic mass is 32.2. The van der Waals surface area contributed by atoms with Crippen LogP contribution in [0.1, 0.15) is 41.1 Å². The molecule has 2 aromatic heterocycles. The Hall–Kier alpha value is -2.85. The monoisotopic (exact) mass is 486 g/mol. The first-order valence-electron chi connectivity index (χ1n) is 10.9. The van der Waals surface area contributed by atoms with Crippen LogP contribution in [-0.4, -0.2) is 45.6 Å². The topological polar surface area (TPSA) is 95.3 Å². The average molecular weight is 487 g/mol. The Balaban J connectivity index is 1.46. The van der Waals surface area contributed by atoms with E-state index in [1.807, 2.05) is 42.8 Å². The molecule has 3 aromatic rings. The van der Waals surface area contributed by atoms with Gasteiger partial charge in [0, 0.05) is 11.9 Å². The molecule has 1 aliphatic carbocycles. The third-order valence-corrected chi connectivity index (χ3v) is 7.48. The summed E-state index contributed by atoms with van der Waals surface area (Å²) in [4.78, 5) is 26.4. The average Bonchev–Trinajstić information content (AvgIpc) is 3.48. The zero-order valence-electron chi connectivity index (χ0n) is 18.8. The summed E-state index contributed by atoms with van der Waals surface area (Å²) < 4.78 is 12.8. The van der Waals surface area contributed by atoms with Crippen LogP contribution >= 0.6 is 23.1 Å². The molecule has 8 nitrogen and oxygen atoms in total. The van der Waals surface area contributed by atoms with Gasteiger partial charge in [-0.3, -0.25) is 4.79 Å². The zero-order chi connectivity index (χ0) is 23.4. The van der Waals surface area contributed by atoms with Crippen LogP contribution in [0.4, 0.5) is 5.00 Å². The van der Waals surface area contributed by atoms with Gasteiger partial charge in [0.15, 0.2) is 11.0 Å². The van der Waals surface area contributed by atoms with Crippen LogP contribution in [-0.2, 0) is 29.4 Å². The van der Waals surface area contributed by atoms with Gasteiger partial charge in [-0.1, -0.05) is 23.9 Å². The van der Waals surface area contributed by atoms with Crippen molar-refractivity contribution in [3.8, 4) is 17.1 Å². The Morgan fingerprint density at radius 1 is 1.18 bits per heavy atom. The van der Waals surface area contributed by atoms with Crippen molar-refractivity contribution in [1.82, 2.24) is 14.8 Å². The maximum Gasteiger partial charge on any atom is 0.341 e. The summed E-state index contributed by atoms with van der Waals surface area (Å²) in [6.07, 6.45) is 2.80. The molecule has 1 aliphatic rings. The van der Waals surface area contributed by atoms with E-state index in [9.17, 15) is 9.59 Å². The minimum Gasteiger partial charge on any atom is -0.493 e. The fourth-order valence-corrected chi connectivity index (χ4v) is 5.82. The summed E-state index contributed by atoms with van der Waals surface area (Å²) in [6.45, 7) is 4.56. The minimum atomic E-state index is -0.370. The van der Waals surface area contributed by atoms with Crippen LogP contribution < -0.4 is 10.1 Å². The van der Waals surface area contributed by atoms with E-state index in [0.717, 1.165) is 41.0 Å². The maximum absolute atomic E-state index is 12.7. The van der Waals surface area contributed by atoms with Crippen LogP contribution in [0.25, 0.3) is 11.4 Å². The van der Waals surface area contributed by atoms with Gasteiger partial charge in [-0.05, 0) is 50.8 Å². The second-order valence-electron chi connectivity index (χ2n) is 7.41. The molecule has 0 radical (unpaired) electrons. The second kappa shape index (κ2) is 10.4. The van der Waals surface area contributed by atoms with Gasteiger partial charge in [0.1, 0.15) is 10.8 Å². The van der Waals surface area contributed by atoms with Crippen molar-refractivity contribution in [3.05, 3.63) is 40.3 Å². The number of hydrogen-bond acceptors (Lipinski definition) is 8. The van der Waals surface area contributed by atoms with Crippen molar-refractivity contribution in [1.29, 1.82) is 0 Å². The quantitative estimate of drug-likeness (QED) is 0.355. The van der Waals surface area contributed by atoms with E-state index in [4.69, 9.17) is 9.47 Å². The number of ether oxygens (including phenoxy) is 2. The lowest BCUT2D eigenvalue weighted by atomic mass is 10.1. The highest BCUT2D eigenvalue weighted by Gasteiger charge is 2.28. The molecule has 2 heterocycles. The Morgan fingerprint density at radius 3 is 2.79 bits per heavy atom. The SMILES string of the molecule is CCOC(=O)c1c(NC(=O)CSc2nnc(-c3ccccc3OCC)n2C)sc2c1CCC2. The van der Waals surface area contributed by atoms with Crippen LogP contribution in [0.3, 0.4) is 0 Å². The number of hydrogen-bond donors (Lipinski definition) is 1.